The number of amides is 2. The fourth-order valence-electron chi connectivity index (χ4n) is 2.95. The lowest BCUT2D eigenvalue weighted by atomic mass is 10.1. The van der Waals surface area contributed by atoms with Crippen LogP contribution in [-0.2, 0) is 16.2 Å². The summed E-state index contributed by atoms with van der Waals surface area (Å²) >= 11 is 3.36. The number of ether oxygens (including phenoxy) is 1. The third kappa shape index (κ3) is 4.22. The number of nitrogens with zero attached hydrogens (tertiary/aromatic N) is 1. The Bertz CT molecular complexity index is 1080. The fourth-order valence-corrected chi connectivity index (χ4v) is 3.22. The standard InChI is InChI=1S/C23H17BrN2O3/c24-18-10-12-19(13-11-18)26-23(28)20(22(27)25-26)14-17-8-4-5-9-21(17)29-15-16-6-2-1-3-7-16/h1-14H,15H2,(H,25,27)/b20-14+. The van der Waals surface area contributed by atoms with Crippen LogP contribution in [0.1, 0.15) is 11.1 Å². The number of rotatable bonds is 5. The van der Waals surface area contributed by atoms with E-state index in [2.05, 4.69) is 21.4 Å². The van der Waals surface area contributed by atoms with E-state index in [1.807, 2.05) is 66.7 Å². The number of hydrogen-bond donors (Lipinski definition) is 1. The maximum absolute atomic E-state index is 12.8. The molecule has 3 aromatic rings. The third-order valence-electron chi connectivity index (χ3n) is 4.43. The summed E-state index contributed by atoms with van der Waals surface area (Å²) in [5.74, 6) is -0.252. The second-order valence-electron chi connectivity index (χ2n) is 6.43. The van der Waals surface area contributed by atoms with Crippen LogP contribution < -0.4 is 15.2 Å². The summed E-state index contributed by atoms with van der Waals surface area (Å²) in [7, 11) is 0. The van der Waals surface area contributed by atoms with Crippen LogP contribution >= 0.6 is 15.9 Å². The molecule has 144 valence electrons. The fraction of sp³-hybridized carbons (Fsp3) is 0.0435. The van der Waals surface area contributed by atoms with E-state index in [0.29, 0.717) is 23.6 Å². The molecule has 1 aliphatic heterocycles. The van der Waals surface area contributed by atoms with Crippen LogP contribution in [0.25, 0.3) is 6.08 Å². The van der Waals surface area contributed by atoms with Crippen molar-refractivity contribution in [1.82, 2.24) is 5.43 Å². The van der Waals surface area contributed by atoms with Crippen molar-refractivity contribution in [2.45, 2.75) is 6.61 Å². The molecule has 0 unspecified atom stereocenters. The Morgan fingerprint density at radius 3 is 2.34 bits per heavy atom. The Hall–Kier alpha value is -3.38. The van der Waals surface area contributed by atoms with E-state index in [-0.39, 0.29) is 5.57 Å². The summed E-state index contributed by atoms with van der Waals surface area (Å²) in [5, 5.41) is 1.24. The molecule has 0 aromatic heterocycles. The molecule has 0 radical (unpaired) electrons. The van der Waals surface area contributed by atoms with Gasteiger partial charge in [0.15, 0.2) is 0 Å². The zero-order valence-corrected chi connectivity index (χ0v) is 16.9. The van der Waals surface area contributed by atoms with E-state index in [1.165, 1.54) is 5.01 Å². The minimum atomic E-state index is -0.448. The minimum Gasteiger partial charge on any atom is -0.488 e. The van der Waals surface area contributed by atoms with E-state index in [9.17, 15) is 9.59 Å². The first-order valence-corrected chi connectivity index (χ1v) is 9.79. The Morgan fingerprint density at radius 1 is 0.897 bits per heavy atom. The quantitative estimate of drug-likeness (QED) is 0.462. The number of halogens is 1. The smallest absolute Gasteiger partial charge is 0.282 e. The van der Waals surface area contributed by atoms with Gasteiger partial charge in [-0.25, -0.2) is 5.01 Å². The molecule has 0 bridgehead atoms. The van der Waals surface area contributed by atoms with Gasteiger partial charge in [0.05, 0.1) is 5.69 Å². The highest BCUT2D eigenvalue weighted by Gasteiger charge is 2.34. The average Bonchev–Trinajstić information content (AvgIpc) is 3.03. The molecule has 29 heavy (non-hydrogen) atoms. The van der Waals surface area contributed by atoms with Gasteiger partial charge in [-0.3, -0.25) is 15.0 Å². The van der Waals surface area contributed by atoms with Crippen LogP contribution in [0.4, 0.5) is 5.69 Å². The number of anilines is 1. The molecule has 6 heteroatoms. The number of hydrazine groups is 1. The molecule has 0 aliphatic carbocycles. The van der Waals surface area contributed by atoms with Crippen molar-refractivity contribution in [3.63, 3.8) is 0 Å². The van der Waals surface area contributed by atoms with Crippen molar-refractivity contribution in [2.75, 3.05) is 5.01 Å². The predicted octanol–water partition coefficient (Wildman–Crippen LogP) is 4.49. The zero-order chi connectivity index (χ0) is 20.2. The van der Waals surface area contributed by atoms with Gasteiger partial charge in [0.25, 0.3) is 11.8 Å². The van der Waals surface area contributed by atoms with Crippen LogP contribution in [-0.4, -0.2) is 11.8 Å². The minimum absolute atomic E-state index is 0.0590. The van der Waals surface area contributed by atoms with Gasteiger partial charge >= 0.3 is 0 Å². The summed E-state index contributed by atoms with van der Waals surface area (Å²) < 4.78 is 6.81. The average molecular weight is 449 g/mol. The molecule has 1 fully saturated rings. The Kier molecular flexibility index (Phi) is 5.44. The van der Waals surface area contributed by atoms with Crippen LogP contribution in [0, 0.1) is 0 Å². The lowest BCUT2D eigenvalue weighted by molar-refractivity contribution is -0.117. The first kappa shape index (κ1) is 19.0. The van der Waals surface area contributed by atoms with Gasteiger partial charge in [-0.1, -0.05) is 64.5 Å². The molecule has 0 saturated carbocycles. The maximum Gasteiger partial charge on any atom is 0.282 e. The monoisotopic (exact) mass is 448 g/mol. The lowest BCUT2D eigenvalue weighted by Gasteiger charge is -2.14. The molecule has 4 rings (SSSR count). The molecular formula is C23H17BrN2O3. The van der Waals surface area contributed by atoms with Crippen molar-refractivity contribution in [2.24, 2.45) is 0 Å². The highest BCUT2D eigenvalue weighted by Crippen LogP contribution is 2.26. The summed E-state index contributed by atoms with van der Waals surface area (Å²) in [5.41, 5.74) is 4.95. The SMILES string of the molecule is O=C1NN(c2ccc(Br)cc2)C(=O)/C1=C/c1ccccc1OCc1ccccc1. The third-order valence-corrected chi connectivity index (χ3v) is 4.96. The van der Waals surface area contributed by atoms with E-state index in [4.69, 9.17) is 4.74 Å². The molecule has 0 atom stereocenters. The molecular weight excluding hydrogens is 432 g/mol. The van der Waals surface area contributed by atoms with Crippen LogP contribution in [0.5, 0.6) is 5.75 Å². The van der Waals surface area contributed by atoms with Crippen molar-refractivity contribution < 1.29 is 14.3 Å². The van der Waals surface area contributed by atoms with Gasteiger partial charge in [-0.15, -0.1) is 0 Å². The van der Waals surface area contributed by atoms with Crippen molar-refractivity contribution >= 4 is 39.5 Å². The van der Waals surface area contributed by atoms with E-state index < -0.39 is 11.8 Å². The highest BCUT2D eigenvalue weighted by molar-refractivity contribution is 9.10. The molecule has 0 spiro atoms. The maximum atomic E-state index is 12.8. The topological polar surface area (TPSA) is 58.6 Å². The predicted molar refractivity (Wildman–Crippen MR) is 115 cm³/mol. The summed E-state index contributed by atoms with van der Waals surface area (Å²) in [6.45, 7) is 0.395. The largest absolute Gasteiger partial charge is 0.488 e. The molecule has 2 amide bonds. The van der Waals surface area contributed by atoms with E-state index >= 15 is 0 Å². The molecule has 1 saturated heterocycles. The number of nitrogens with one attached hydrogen (secondary N) is 1. The number of hydrogen-bond acceptors (Lipinski definition) is 3. The Balaban J connectivity index is 1.58. The molecule has 1 aliphatic rings. The molecule has 1 N–H and O–H groups in total. The molecule has 3 aromatic carbocycles. The lowest BCUT2D eigenvalue weighted by Crippen LogP contribution is -2.35. The normalized spacial score (nSPS) is 14.9. The van der Waals surface area contributed by atoms with Crippen LogP contribution in [0.2, 0.25) is 0 Å². The molecule has 5 nitrogen and oxygen atoms in total. The van der Waals surface area contributed by atoms with Gasteiger partial charge < -0.3 is 4.74 Å². The summed E-state index contributed by atoms with van der Waals surface area (Å²) in [6, 6.07) is 24.2. The van der Waals surface area contributed by atoms with Gasteiger partial charge in [0.2, 0.25) is 0 Å². The Labute approximate surface area is 176 Å². The Morgan fingerprint density at radius 2 is 1.59 bits per heavy atom. The van der Waals surface area contributed by atoms with Gasteiger partial charge in [-0.05, 0) is 42.0 Å². The summed E-state index contributed by atoms with van der Waals surface area (Å²) in [4.78, 5) is 25.3. The van der Waals surface area contributed by atoms with Gasteiger partial charge in [0.1, 0.15) is 17.9 Å². The van der Waals surface area contributed by atoms with Crippen molar-refractivity contribution in [3.8, 4) is 5.75 Å². The number of carbonyl (C=O) groups excluding carboxylic acids is 2. The molecule has 1 heterocycles. The first-order valence-electron chi connectivity index (χ1n) is 9.00. The first-order chi connectivity index (χ1) is 14.1. The second kappa shape index (κ2) is 8.32. The number of para-hydroxylation sites is 1. The van der Waals surface area contributed by atoms with E-state index in [0.717, 1.165) is 10.0 Å². The highest BCUT2D eigenvalue weighted by atomic mass is 79.9. The van der Waals surface area contributed by atoms with Gasteiger partial charge in [0, 0.05) is 10.0 Å². The number of carbonyl (C=O) groups is 2. The van der Waals surface area contributed by atoms with Gasteiger partial charge in [-0.2, -0.15) is 0 Å². The number of benzene rings is 3. The van der Waals surface area contributed by atoms with Crippen molar-refractivity contribution in [3.05, 3.63) is 100 Å². The second-order valence-corrected chi connectivity index (χ2v) is 7.34. The van der Waals surface area contributed by atoms with E-state index in [1.54, 1.807) is 18.2 Å². The summed E-state index contributed by atoms with van der Waals surface area (Å²) in [6.07, 6.45) is 1.57. The zero-order valence-electron chi connectivity index (χ0n) is 15.3. The van der Waals surface area contributed by atoms with Crippen molar-refractivity contribution in [1.29, 1.82) is 0 Å². The van der Waals surface area contributed by atoms with Crippen LogP contribution in [0.3, 0.4) is 0 Å². The van der Waals surface area contributed by atoms with Crippen LogP contribution in [0.15, 0.2) is 88.9 Å².